The van der Waals surface area contributed by atoms with Crippen LogP contribution in [0, 0.1) is 0 Å². The molecule has 0 N–H and O–H groups in total. The summed E-state index contributed by atoms with van der Waals surface area (Å²) in [7, 11) is 0. The first-order chi connectivity index (χ1) is 36.0. The number of carbonyl (C=O) groups is 3. The number of rotatable bonds is 57. The minimum atomic E-state index is -0.794. The topological polar surface area (TPSA) is 78.9 Å². The van der Waals surface area contributed by atoms with E-state index in [0.717, 1.165) is 122 Å². The maximum atomic E-state index is 12.9. The highest BCUT2D eigenvalue weighted by atomic mass is 16.6. The first-order valence-electron chi connectivity index (χ1n) is 31.4. The summed E-state index contributed by atoms with van der Waals surface area (Å²) >= 11 is 0. The molecule has 1 atom stereocenters. The largest absolute Gasteiger partial charge is 0.462 e. The molecular formula is C67H118O6. The normalized spacial score (nSPS) is 12.5. The van der Waals surface area contributed by atoms with Gasteiger partial charge in [0.15, 0.2) is 6.10 Å². The van der Waals surface area contributed by atoms with Gasteiger partial charge in [-0.2, -0.15) is 0 Å². The van der Waals surface area contributed by atoms with Gasteiger partial charge in [-0.15, -0.1) is 0 Å². The molecule has 0 aliphatic carbocycles. The first-order valence-corrected chi connectivity index (χ1v) is 31.4. The summed E-state index contributed by atoms with van der Waals surface area (Å²) in [5.74, 6) is -0.913. The lowest BCUT2D eigenvalue weighted by atomic mass is 10.0. The van der Waals surface area contributed by atoms with Crippen molar-refractivity contribution in [2.24, 2.45) is 0 Å². The van der Waals surface area contributed by atoms with Crippen LogP contribution in [0.4, 0.5) is 0 Å². The third kappa shape index (κ3) is 59.6. The number of hydrogen-bond acceptors (Lipinski definition) is 6. The maximum Gasteiger partial charge on any atom is 0.306 e. The summed E-state index contributed by atoms with van der Waals surface area (Å²) in [6, 6.07) is 0. The van der Waals surface area contributed by atoms with Crippen LogP contribution in [0.1, 0.15) is 316 Å². The molecule has 0 aromatic heterocycles. The van der Waals surface area contributed by atoms with Gasteiger partial charge >= 0.3 is 17.9 Å². The monoisotopic (exact) mass is 1020 g/mol. The zero-order valence-electron chi connectivity index (χ0n) is 48.4. The molecule has 422 valence electrons. The van der Waals surface area contributed by atoms with Crippen molar-refractivity contribution in [3.05, 3.63) is 72.9 Å². The molecule has 0 heterocycles. The molecular weight excluding hydrogens is 901 g/mol. The van der Waals surface area contributed by atoms with Crippen LogP contribution < -0.4 is 0 Å². The third-order valence-electron chi connectivity index (χ3n) is 13.7. The van der Waals surface area contributed by atoms with Gasteiger partial charge in [0.2, 0.25) is 0 Å². The molecule has 0 spiro atoms. The fourth-order valence-corrected chi connectivity index (χ4v) is 8.98. The van der Waals surface area contributed by atoms with Crippen LogP contribution >= 0.6 is 0 Å². The van der Waals surface area contributed by atoms with Gasteiger partial charge in [0.25, 0.3) is 0 Å². The van der Waals surface area contributed by atoms with Gasteiger partial charge in [-0.25, -0.2) is 0 Å². The van der Waals surface area contributed by atoms with E-state index in [1.165, 1.54) is 154 Å². The van der Waals surface area contributed by atoms with Crippen molar-refractivity contribution in [2.45, 2.75) is 322 Å². The second-order valence-electron chi connectivity index (χ2n) is 20.9. The quantitative estimate of drug-likeness (QED) is 0.0261. The molecule has 73 heavy (non-hydrogen) atoms. The molecule has 0 amide bonds. The van der Waals surface area contributed by atoms with Gasteiger partial charge in [0.1, 0.15) is 13.2 Å². The van der Waals surface area contributed by atoms with Crippen LogP contribution in [-0.4, -0.2) is 37.2 Å². The number of hydrogen-bond donors (Lipinski definition) is 0. The lowest BCUT2D eigenvalue weighted by molar-refractivity contribution is -0.167. The zero-order valence-corrected chi connectivity index (χ0v) is 48.4. The lowest BCUT2D eigenvalue weighted by Crippen LogP contribution is -2.30. The highest BCUT2D eigenvalue weighted by Gasteiger charge is 2.19. The molecule has 0 aliphatic rings. The Morgan fingerprint density at radius 3 is 0.877 bits per heavy atom. The van der Waals surface area contributed by atoms with Crippen LogP contribution in [0.25, 0.3) is 0 Å². The fourth-order valence-electron chi connectivity index (χ4n) is 8.98. The molecule has 0 aromatic rings. The maximum absolute atomic E-state index is 12.9. The van der Waals surface area contributed by atoms with Gasteiger partial charge < -0.3 is 14.2 Å². The Labute approximate surface area is 453 Å². The van der Waals surface area contributed by atoms with Gasteiger partial charge in [-0.05, 0) is 83.5 Å². The summed E-state index contributed by atoms with van der Waals surface area (Å²) in [6.07, 6.45) is 79.1. The Hall–Kier alpha value is -3.15. The van der Waals surface area contributed by atoms with Crippen molar-refractivity contribution in [1.29, 1.82) is 0 Å². The van der Waals surface area contributed by atoms with Crippen LogP contribution in [0.15, 0.2) is 72.9 Å². The van der Waals surface area contributed by atoms with E-state index in [0.29, 0.717) is 19.3 Å². The van der Waals surface area contributed by atoms with E-state index in [2.05, 4.69) is 93.7 Å². The Kier molecular flexibility index (Phi) is 58.7. The van der Waals surface area contributed by atoms with Crippen LogP contribution in [0.3, 0.4) is 0 Å². The standard InChI is InChI=1S/C67H118O6/c1-4-7-10-13-16-19-22-25-28-30-31-32-33-34-35-36-38-39-42-45-48-51-54-57-60-66(69)72-63-64(62-71-65(68)59-56-53-50-47-44-41-27-24-21-18-15-12-9-6-3)73-67(70)61-58-55-52-49-46-43-40-37-29-26-23-20-17-14-11-8-5-2/h8,11,15,17-18,20,24,26-27,29,40,43,64H,4-7,9-10,12-14,16,19,21-23,25,28,30-39,41-42,44-63H2,1-3H3/b11-8-,18-15-,20-17-,27-24-,29-26-,43-40-. The van der Waals surface area contributed by atoms with Crippen molar-refractivity contribution in [3.8, 4) is 0 Å². The van der Waals surface area contributed by atoms with Crippen molar-refractivity contribution in [1.82, 2.24) is 0 Å². The molecule has 0 radical (unpaired) electrons. The van der Waals surface area contributed by atoms with E-state index >= 15 is 0 Å². The molecule has 0 rings (SSSR count). The average Bonchev–Trinajstić information content (AvgIpc) is 3.39. The molecule has 1 unspecified atom stereocenters. The number of ether oxygens (including phenoxy) is 3. The summed E-state index contributed by atoms with van der Waals surface area (Å²) < 4.78 is 16.9. The molecule has 0 aliphatic heterocycles. The van der Waals surface area contributed by atoms with Gasteiger partial charge in [-0.1, -0.05) is 286 Å². The summed E-state index contributed by atoms with van der Waals surface area (Å²) in [4.78, 5) is 38.3. The number of allylic oxidation sites excluding steroid dienone is 12. The van der Waals surface area contributed by atoms with Crippen LogP contribution in [0.2, 0.25) is 0 Å². The van der Waals surface area contributed by atoms with E-state index in [4.69, 9.17) is 14.2 Å². The van der Waals surface area contributed by atoms with E-state index in [1.54, 1.807) is 0 Å². The molecule has 0 saturated carbocycles. The number of esters is 3. The first kappa shape index (κ1) is 69.8. The van der Waals surface area contributed by atoms with Crippen LogP contribution in [-0.2, 0) is 28.6 Å². The molecule has 0 aromatic carbocycles. The van der Waals surface area contributed by atoms with E-state index in [1.807, 2.05) is 0 Å². The van der Waals surface area contributed by atoms with Crippen LogP contribution in [0.5, 0.6) is 0 Å². The van der Waals surface area contributed by atoms with Crippen molar-refractivity contribution in [2.75, 3.05) is 13.2 Å². The second-order valence-corrected chi connectivity index (χ2v) is 20.9. The summed E-state index contributed by atoms with van der Waals surface area (Å²) in [6.45, 7) is 6.49. The van der Waals surface area contributed by atoms with Gasteiger partial charge in [-0.3, -0.25) is 14.4 Å². The van der Waals surface area contributed by atoms with E-state index in [9.17, 15) is 14.4 Å². The zero-order chi connectivity index (χ0) is 52.9. The Balaban J connectivity index is 4.32. The molecule has 6 heteroatoms. The predicted molar refractivity (Wildman–Crippen MR) is 316 cm³/mol. The fraction of sp³-hybridized carbons (Fsp3) is 0.776. The Morgan fingerprint density at radius 2 is 0.548 bits per heavy atom. The SMILES string of the molecule is CC/C=C\C/C=C\C/C=C\C/C=C\CCCCCCC(=O)OC(COC(=O)CCCCCCC/C=C\C/C=C\CCCC)COC(=O)CCCCCCCCCCCCCCCCCCCCCCCCCC. The minimum absolute atomic E-state index is 0.0876. The number of carbonyl (C=O) groups excluding carboxylic acids is 3. The Morgan fingerprint density at radius 1 is 0.288 bits per heavy atom. The number of unbranched alkanes of at least 4 members (excludes halogenated alkanes) is 34. The van der Waals surface area contributed by atoms with Crippen molar-refractivity contribution in [3.63, 3.8) is 0 Å². The third-order valence-corrected chi connectivity index (χ3v) is 13.7. The molecule has 0 saturated heterocycles. The van der Waals surface area contributed by atoms with E-state index < -0.39 is 6.10 Å². The minimum Gasteiger partial charge on any atom is -0.462 e. The van der Waals surface area contributed by atoms with Gasteiger partial charge in [0.05, 0.1) is 0 Å². The van der Waals surface area contributed by atoms with Crippen molar-refractivity contribution < 1.29 is 28.6 Å². The predicted octanol–water partition coefficient (Wildman–Crippen LogP) is 21.3. The summed E-state index contributed by atoms with van der Waals surface area (Å²) in [5.41, 5.74) is 0. The highest BCUT2D eigenvalue weighted by molar-refractivity contribution is 5.71. The summed E-state index contributed by atoms with van der Waals surface area (Å²) in [5, 5.41) is 0. The average molecular weight is 1020 g/mol. The molecule has 6 nitrogen and oxygen atoms in total. The molecule has 0 fully saturated rings. The van der Waals surface area contributed by atoms with Gasteiger partial charge in [0, 0.05) is 19.3 Å². The van der Waals surface area contributed by atoms with Crippen molar-refractivity contribution >= 4 is 17.9 Å². The highest BCUT2D eigenvalue weighted by Crippen LogP contribution is 2.17. The Bertz CT molecular complexity index is 1360. The lowest BCUT2D eigenvalue weighted by Gasteiger charge is -2.18. The second kappa shape index (κ2) is 61.4. The molecule has 0 bridgehead atoms. The van der Waals surface area contributed by atoms with E-state index in [-0.39, 0.29) is 31.1 Å². The smallest absolute Gasteiger partial charge is 0.306 e.